The third kappa shape index (κ3) is 3.73. The van der Waals surface area contributed by atoms with Crippen LogP contribution in [0.5, 0.6) is 0 Å². The van der Waals surface area contributed by atoms with Gasteiger partial charge in [0, 0.05) is 13.0 Å². The molecule has 1 aliphatic rings. The summed E-state index contributed by atoms with van der Waals surface area (Å²) in [6.07, 6.45) is 2.14. The maximum atomic E-state index is 14.4. The molecule has 1 N–H and O–H groups in total. The van der Waals surface area contributed by atoms with E-state index in [9.17, 15) is 9.18 Å². The lowest BCUT2D eigenvalue weighted by molar-refractivity contribution is -0.120. The van der Waals surface area contributed by atoms with Crippen LogP contribution in [0.15, 0.2) is 5.51 Å². The first kappa shape index (κ1) is 15.0. The highest BCUT2D eigenvalue weighted by Gasteiger charge is 2.39. The molecule has 0 atom stereocenters. The Morgan fingerprint density at radius 3 is 2.56 bits per heavy atom. The van der Waals surface area contributed by atoms with E-state index in [1.807, 2.05) is 13.8 Å². The van der Waals surface area contributed by atoms with Gasteiger partial charge < -0.3 is 5.32 Å². The van der Waals surface area contributed by atoms with E-state index < -0.39 is 5.67 Å². The van der Waals surface area contributed by atoms with E-state index in [2.05, 4.69) is 15.5 Å². The van der Waals surface area contributed by atoms with Crippen LogP contribution in [0.25, 0.3) is 0 Å². The van der Waals surface area contributed by atoms with Gasteiger partial charge in [-0.2, -0.15) is 0 Å². The van der Waals surface area contributed by atoms with E-state index in [0.29, 0.717) is 30.7 Å². The molecule has 1 fully saturated rings. The molecule has 0 radical (unpaired) electrons. The summed E-state index contributed by atoms with van der Waals surface area (Å²) in [7, 11) is 0. The molecule has 1 aliphatic carbocycles. The first-order valence-corrected chi connectivity index (χ1v) is 7.21. The van der Waals surface area contributed by atoms with Gasteiger partial charge in [0.15, 0.2) is 10.7 Å². The van der Waals surface area contributed by atoms with Crippen molar-refractivity contribution in [3.63, 3.8) is 0 Å². The normalized spacial score (nSPS) is 27.0. The second kappa shape index (κ2) is 6.78. The van der Waals surface area contributed by atoms with E-state index in [4.69, 9.17) is 0 Å². The number of carbonyl (C=O) groups is 1. The summed E-state index contributed by atoms with van der Waals surface area (Å²) in [4.78, 5) is 10.9. The van der Waals surface area contributed by atoms with Crippen LogP contribution < -0.4 is 5.32 Å². The number of hydrogen-bond acceptors (Lipinski definition) is 4. The summed E-state index contributed by atoms with van der Waals surface area (Å²) >= 11 is 1.26. The van der Waals surface area contributed by atoms with Crippen LogP contribution in [-0.2, 0) is 10.5 Å². The Balaban J connectivity index is 0.000000771. The second-order valence-corrected chi connectivity index (χ2v) is 5.02. The van der Waals surface area contributed by atoms with Crippen molar-refractivity contribution in [2.45, 2.75) is 58.2 Å². The Labute approximate surface area is 111 Å². The summed E-state index contributed by atoms with van der Waals surface area (Å²) < 4.78 is 14.4. The number of hydrogen-bond donors (Lipinski definition) is 1. The molecule has 1 heterocycles. The Morgan fingerprint density at radius 1 is 1.50 bits per heavy atom. The molecule has 0 bridgehead atoms. The van der Waals surface area contributed by atoms with Gasteiger partial charge in [0.2, 0.25) is 5.91 Å². The van der Waals surface area contributed by atoms with Crippen molar-refractivity contribution < 1.29 is 9.18 Å². The van der Waals surface area contributed by atoms with Crippen LogP contribution in [0, 0.1) is 0 Å². The molecule has 1 aromatic rings. The zero-order valence-corrected chi connectivity index (χ0v) is 11.9. The minimum absolute atomic E-state index is 0.0488. The zero-order valence-electron chi connectivity index (χ0n) is 11.1. The molecular weight excluding hydrogens is 253 g/mol. The van der Waals surface area contributed by atoms with Crippen molar-refractivity contribution >= 4 is 17.2 Å². The molecule has 0 unspecified atom stereocenters. The first-order chi connectivity index (χ1) is 8.60. The smallest absolute Gasteiger partial charge is 0.217 e. The average molecular weight is 273 g/mol. The summed E-state index contributed by atoms with van der Waals surface area (Å²) in [5.74, 6) is -0.0488. The van der Waals surface area contributed by atoms with Crippen molar-refractivity contribution in [1.82, 2.24) is 15.5 Å². The Kier molecular flexibility index (Phi) is 5.65. The summed E-state index contributed by atoms with van der Waals surface area (Å²) in [6.45, 7) is 5.49. The molecule has 102 valence electrons. The number of carbonyl (C=O) groups excluding carboxylic acids is 1. The van der Waals surface area contributed by atoms with Crippen LogP contribution in [0.3, 0.4) is 0 Å². The molecule has 1 aromatic heterocycles. The fraction of sp³-hybridized carbons (Fsp3) is 0.750. The standard InChI is InChI=1S/C10H14FN3OS.C2H6/c1-7(15)13-8-2-4-10(11,5-3-8)9-14-12-6-16-9;1-2/h6,8H,2-5H2,1H3,(H,13,15);1-2H3. The highest BCUT2D eigenvalue weighted by molar-refractivity contribution is 7.09. The summed E-state index contributed by atoms with van der Waals surface area (Å²) in [5, 5.41) is 10.8. The van der Waals surface area contributed by atoms with E-state index in [1.54, 1.807) is 5.51 Å². The zero-order chi connectivity index (χ0) is 13.6. The van der Waals surface area contributed by atoms with Gasteiger partial charge in [-0.25, -0.2) is 4.39 Å². The van der Waals surface area contributed by atoms with Crippen LogP contribution >= 0.6 is 11.3 Å². The molecule has 4 nitrogen and oxygen atoms in total. The molecule has 0 saturated heterocycles. The molecule has 0 aliphatic heterocycles. The van der Waals surface area contributed by atoms with Crippen molar-refractivity contribution in [3.05, 3.63) is 10.5 Å². The number of halogens is 1. The maximum absolute atomic E-state index is 14.4. The predicted molar refractivity (Wildman–Crippen MR) is 70.1 cm³/mol. The third-order valence-corrected chi connectivity index (χ3v) is 3.80. The van der Waals surface area contributed by atoms with Gasteiger partial charge in [-0.15, -0.1) is 21.5 Å². The minimum atomic E-state index is -1.34. The molecular formula is C12H20FN3OS. The number of alkyl halides is 1. The average Bonchev–Trinajstić information content (AvgIpc) is 2.89. The van der Waals surface area contributed by atoms with E-state index in [1.165, 1.54) is 18.3 Å². The van der Waals surface area contributed by atoms with Gasteiger partial charge in [-0.1, -0.05) is 13.8 Å². The van der Waals surface area contributed by atoms with E-state index >= 15 is 0 Å². The van der Waals surface area contributed by atoms with Gasteiger partial charge in [-0.05, 0) is 25.7 Å². The lowest BCUT2D eigenvalue weighted by atomic mass is 9.84. The monoisotopic (exact) mass is 273 g/mol. The number of nitrogens with one attached hydrogen (secondary N) is 1. The molecule has 0 aromatic carbocycles. The molecule has 0 spiro atoms. The van der Waals surface area contributed by atoms with Gasteiger partial charge in [-0.3, -0.25) is 4.79 Å². The Hall–Kier alpha value is -1.04. The second-order valence-electron chi connectivity index (χ2n) is 4.18. The fourth-order valence-corrected chi connectivity index (χ4v) is 2.79. The van der Waals surface area contributed by atoms with Gasteiger partial charge in [0.05, 0.1) is 0 Å². The number of aromatic nitrogens is 2. The predicted octanol–water partition coefficient (Wildman–Crippen LogP) is 2.81. The maximum Gasteiger partial charge on any atom is 0.217 e. The van der Waals surface area contributed by atoms with Crippen molar-refractivity contribution in [2.24, 2.45) is 0 Å². The van der Waals surface area contributed by atoms with Crippen LogP contribution in [0.2, 0.25) is 0 Å². The number of rotatable bonds is 2. The molecule has 18 heavy (non-hydrogen) atoms. The quantitative estimate of drug-likeness (QED) is 0.901. The van der Waals surface area contributed by atoms with Crippen molar-refractivity contribution in [1.29, 1.82) is 0 Å². The van der Waals surface area contributed by atoms with Crippen LogP contribution in [-0.4, -0.2) is 22.1 Å². The molecule has 6 heteroatoms. The highest BCUT2D eigenvalue weighted by atomic mass is 32.1. The number of nitrogens with zero attached hydrogens (tertiary/aromatic N) is 2. The third-order valence-electron chi connectivity index (χ3n) is 2.93. The summed E-state index contributed by atoms with van der Waals surface area (Å²) in [5.41, 5.74) is 0.215. The Morgan fingerprint density at radius 2 is 2.11 bits per heavy atom. The van der Waals surface area contributed by atoms with Gasteiger partial charge >= 0.3 is 0 Å². The van der Waals surface area contributed by atoms with Crippen molar-refractivity contribution in [2.75, 3.05) is 0 Å². The van der Waals surface area contributed by atoms with E-state index in [-0.39, 0.29) is 11.9 Å². The number of amides is 1. The largest absolute Gasteiger partial charge is 0.354 e. The first-order valence-electron chi connectivity index (χ1n) is 6.33. The van der Waals surface area contributed by atoms with Gasteiger partial charge in [0.25, 0.3) is 0 Å². The Bertz CT molecular complexity index is 361. The summed E-state index contributed by atoms with van der Waals surface area (Å²) in [6, 6.07) is 0.106. The van der Waals surface area contributed by atoms with Crippen LogP contribution in [0.4, 0.5) is 4.39 Å². The van der Waals surface area contributed by atoms with Gasteiger partial charge in [0.1, 0.15) is 5.51 Å². The molecule has 2 rings (SSSR count). The lowest BCUT2D eigenvalue weighted by Gasteiger charge is -2.32. The van der Waals surface area contributed by atoms with E-state index in [0.717, 1.165) is 0 Å². The lowest BCUT2D eigenvalue weighted by Crippen LogP contribution is -2.39. The fourth-order valence-electron chi connectivity index (χ4n) is 2.09. The SMILES string of the molecule is CC.CC(=O)NC1CCC(F)(c2nncs2)CC1. The minimum Gasteiger partial charge on any atom is -0.354 e. The highest BCUT2D eigenvalue weighted by Crippen LogP contribution is 2.41. The van der Waals surface area contributed by atoms with Crippen molar-refractivity contribution in [3.8, 4) is 0 Å². The topological polar surface area (TPSA) is 54.9 Å². The van der Waals surface area contributed by atoms with Crippen LogP contribution in [0.1, 0.15) is 51.5 Å². The molecule has 1 saturated carbocycles. The molecule has 1 amide bonds.